The molecular weight excluding hydrogens is 334 g/mol. The first-order valence-electron chi connectivity index (χ1n) is 8.87. The fourth-order valence-electron chi connectivity index (χ4n) is 3.47. The summed E-state index contributed by atoms with van der Waals surface area (Å²) in [4.78, 5) is 23.3. The van der Waals surface area contributed by atoms with Crippen LogP contribution in [0.25, 0.3) is 0 Å². The van der Waals surface area contributed by atoms with Crippen molar-refractivity contribution in [2.24, 2.45) is 0 Å². The molecule has 2 aromatic rings. The fourth-order valence-corrected chi connectivity index (χ4v) is 3.47. The van der Waals surface area contributed by atoms with Crippen molar-refractivity contribution in [3.8, 4) is 5.75 Å². The van der Waals surface area contributed by atoms with Crippen LogP contribution in [0.3, 0.4) is 0 Å². The van der Waals surface area contributed by atoms with Gasteiger partial charge in [0.25, 0.3) is 5.91 Å². The molecule has 0 bridgehead atoms. The van der Waals surface area contributed by atoms with E-state index >= 15 is 0 Å². The smallest absolute Gasteiger partial charge is 0.265 e. The van der Waals surface area contributed by atoms with E-state index in [2.05, 4.69) is 19.9 Å². The standard InChI is InChI=1S/C18H23N5O3/c1-13-19-17(20-26-13)12-22-7-9-23(10-8-22)18(24)16-11-21(2)14-5-3-4-6-15(14)25-16/h3-6,16H,7-12H2,1-2H3/t16-/m1/s1. The number of benzene rings is 1. The van der Waals surface area contributed by atoms with E-state index in [1.165, 1.54) is 0 Å². The van der Waals surface area contributed by atoms with E-state index in [1.54, 1.807) is 6.92 Å². The summed E-state index contributed by atoms with van der Waals surface area (Å²) in [5.41, 5.74) is 1.02. The predicted molar refractivity (Wildman–Crippen MR) is 95.0 cm³/mol. The summed E-state index contributed by atoms with van der Waals surface area (Å²) in [7, 11) is 1.99. The molecule has 1 saturated heterocycles. The molecule has 0 N–H and O–H groups in total. The van der Waals surface area contributed by atoms with Crippen LogP contribution in [0.5, 0.6) is 5.75 Å². The van der Waals surface area contributed by atoms with E-state index in [1.807, 2.05) is 36.2 Å². The van der Waals surface area contributed by atoms with Gasteiger partial charge in [-0.25, -0.2) is 0 Å². The van der Waals surface area contributed by atoms with Crippen molar-refractivity contribution in [1.82, 2.24) is 19.9 Å². The van der Waals surface area contributed by atoms with Crippen LogP contribution in [0.15, 0.2) is 28.8 Å². The molecule has 2 aliphatic heterocycles. The number of aromatic nitrogens is 2. The number of nitrogens with zero attached hydrogens (tertiary/aromatic N) is 5. The van der Waals surface area contributed by atoms with E-state index in [-0.39, 0.29) is 5.91 Å². The zero-order valence-electron chi connectivity index (χ0n) is 15.1. The second-order valence-corrected chi connectivity index (χ2v) is 6.79. The fraction of sp³-hybridized carbons (Fsp3) is 0.500. The number of carbonyl (C=O) groups is 1. The summed E-state index contributed by atoms with van der Waals surface area (Å²) in [6, 6.07) is 7.83. The molecular formula is C18H23N5O3. The highest BCUT2D eigenvalue weighted by atomic mass is 16.5. The van der Waals surface area contributed by atoms with E-state index in [9.17, 15) is 4.79 Å². The third kappa shape index (κ3) is 3.37. The van der Waals surface area contributed by atoms with Crippen molar-refractivity contribution in [3.63, 3.8) is 0 Å². The third-order valence-electron chi connectivity index (χ3n) is 4.88. The van der Waals surface area contributed by atoms with Gasteiger partial charge in [0.2, 0.25) is 5.89 Å². The Morgan fingerprint density at radius 2 is 2.00 bits per heavy atom. The van der Waals surface area contributed by atoms with Crippen molar-refractivity contribution < 1.29 is 14.1 Å². The number of fused-ring (bicyclic) bond motifs is 1. The van der Waals surface area contributed by atoms with Gasteiger partial charge >= 0.3 is 0 Å². The normalized spacial score (nSPS) is 20.6. The first-order chi connectivity index (χ1) is 12.6. The topological polar surface area (TPSA) is 74.9 Å². The molecule has 138 valence electrons. The first-order valence-corrected chi connectivity index (χ1v) is 8.87. The van der Waals surface area contributed by atoms with E-state index in [0.29, 0.717) is 37.9 Å². The summed E-state index contributed by atoms with van der Waals surface area (Å²) < 4.78 is 11.0. The number of hydrogen-bond donors (Lipinski definition) is 0. The second-order valence-electron chi connectivity index (χ2n) is 6.79. The first kappa shape index (κ1) is 16.8. The molecule has 2 aliphatic rings. The van der Waals surface area contributed by atoms with Gasteiger partial charge in [0.1, 0.15) is 5.75 Å². The average Bonchev–Trinajstić information content (AvgIpc) is 3.06. The Labute approximate surface area is 152 Å². The number of aryl methyl sites for hydroxylation is 1. The Balaban J connectivity index is 1.34. The van der Waals surface area contributed by atoms with Crippen LogP contribution in [0.4, 0.5) is 5.69 Å². The van der Waals surface area contributed by atoms with Gasteiger partial charge in [0, 0.05) is 40.2 Å². The van der Waals surface area contributed by atoms with Gasteiger partial charge in [-0.15, -0.1) is 0 Å². The van der Waals surface area contributed by atoms with Crippen LogP contribution >= 0.6 is 0 Å². The Morgan fingerprint density at radius 3 is 2.73 bits per heavy atom. The van der Waals surface area contributed by atoms with Crippen molar-refractivity contribution in [1.29, 1.82) is 0 Å². The molecule has 1 atom stereocenters. The Morgan fingerprint density at radius 1 is 1.23 bits per heavy atom. The number of anilines is 1. The Kier molecular flexibility index (Phi) is 4.50. The molecule has 1 amide bonds. The van der Waals surface area contributed by atoms with Gasteiger partial charge in [0.05, 0.1) is 18.8 Å². The van der Waals surface area contributed by atoms with Gasteiger partial charge in [-0.1, -0.05) is 17.3 Å². The molecule has 0 saturated carbocycles. The Bertz CT molecular complexity index is 785. The summed E-state index contributed by atoms with van der Waals surface area (Å²) in [5, 5.41) is 3.93. The highest BCUT2D eigenvalue weighted by Crippen LogP contribution is 2.32. The minimum Gasteiger partial charge on any atom is -0.477 e. The number of rotatable bonds is 3. The molecule has 3 heterocycles. The quantitative estimate of drug-likeness (QED) is 0.808. The van der Waals surface area contributed by atoms with Crippen molar-refractivity contribution in [2.75, 3.05) is 44.7 Å². The van der Waals surface area contributed by atoms with E-state index < -0.39 is 6.10 Å². The molecule has 8 nitrogen and oxygen atoms in total. The van der Waals surface area contributed by atoms with E-state index in [4.69, 9.17) is 9.26 Å². The molecule has 0 radical (unpaired) electrons. The second kappa shape index (κ2) is 6.95. The lowest BCUT2D eigenvalue weighted by Gasteiger charge is -2.38. The maximum atomic E-state index is 12.9. The molecule has 0 aliphatic carbocycles. The van der Waals surface area contributed by atoms with Crippen LogP contribution in [-0.4, -0.2) is 71.7 Å². The molecule has 26 heavy (non-hydrogen) atoms. The van der Waals surface area contributed by atoms with Crippen LogP contribution in [0, 0.1) is 6.92 Å². The van der Waals surface area contributed by atoms with Crippen molar-refractivity contribution in [2.45, 2.75) is 19.6 Å². The lowest BCUT2D eigenvalue weighted by atomic mass is 10.1. The van der Waals surface area contributed by atoms with Gasteiger partial charge in [-0.3, -0.25) is 9.69 Å². The summed E-state index contributed by atoms with van der Waals surface area (Å²) in [6.07, 6.45) is -0.457. The highest BCUT2D eigenvalue weighted by Gasteiger charge is 2.33. The van der Waals surface area contributed by atoms with Crippen LogP contribution in [0.1, 0.15) is 11.7 Å². The molecule has 4 rings (SSSR count). The van der Waals surface area contributed by atoms with Crippen molar-refractivity contribution >= 4 is 11.6 Å². The third-order valence-corrected chi connectivity index (χ3v) is 4.88. The lowest BCUT2D eigenvalue weighted by molar-refractivity contribution is -0.140. The number of amides is 1. The number of piperazine rings is 1. The monoisotopic (exact) mass is 357 g/mol. The van der Waals surface area contributed by atoms with Gasteiger partial charge < -0.3 is 19.1 Å². The number of likely N-dealkylation sites (N-methyl/N-ethyl adjacent to an activating group) is 1. The molecule has 1 fully saturated rings. The number of carbonyl (C=O) groups excluding carboxylic acids is 1. The van der Waals surface area contributed by atoms with Crippen LogP contribution in [-0.2, 0) is 11.3 Å². The number of para-hydroxylation sites is 2. The molecule has 8 heteroatoms. The SMILES string of the molecule is Cc1nc(CN2CCN(C(=O)[C@H]3CN(C)c4ccccc4O3)CC2)no1. The maximum Gasteiger partial charge on any atom is 0.265 e. The largest absolute Gasteiger partial charge is 0.477 e. The lowest BCUT2D eigenvalue weighted by Crippen LogP contribution is -2.55. The van der Waals surface area contributed by atoms with Gasteiger partial charge in [0.15, 0.2) is 11.9 Å². The minimum atomic E-state index is -0.457. The summed E-state index contributed by atoms with van der Waals surface area (Å²) in [6.45, 7) is 5.94. The summed E-state index contributed by atoms with van der Waals surface area (Å²) >= 11 is 0. The minimum absolute atomic E-state index is 0.0569. The molecule has 0 unspecified atom stereocenters. The zero-order valence-corrected chi connectivity index (χ0v) is 15.1. The highest BCUT2D eigenvalue weighted by molar-refractivity contribution is 5.83. The molecule has 1 aromatic carbocycles. The van der Waals surface area contributed by atoms with E-state index in [0.717, 1.165) is 24.5 Å². The zero-order chi connectivity index (χ0) is 18.1. The molecule has 1 aromatic heterocycles. The Hall–Kier alpha value is -2.61. The van der Waals surface area contributed by atoms with Crippen LogP contribution < -0.4 is 9.64 Å². The van der Waals surface area contributed by atoms with Gasteiger partial charge in [-0.2, -0.15) is 4.98 Å². The van der Waals surface area contributed by atoms with Crippen LogP contribution in [0.2, 0.25) is 0 Å². The predicted octanol–water partition coefficient (Wildman–Crippen LogP) is 0.920. The number of ether oxygens (including phenoxy) is 1. The maximum absolute atomic E-state index is 12.9. The van der Waals surface area contributed by atoms with Gasteiger partial charge in [-0.05, 0) is 12.1 Å². The average molecular weight is 357 g/mol. The summed E-state index contributed by atoms with van der Waals surface area (Å²) in [5.74, 6) is 2.09. The van der Waals surface area contributed by atoms with Crippen molar-refractivity contribution in [3.05, 3.63) is 36.0 Å². The number of hydrogen-bond acceptors (Lipinski definition) is 7. The molecule has 0 spiro atoms.